The molecule has 0 saturated heterocycles. The Labute approximate surface area is 50.9 Å². The summed E-state index contributed by atoms with van der Waals surface area (Å²) in [6.45, 7) is 2.11. The summed E-state index contributed by atoms with van der Waals surface area (Å²) in [5.74, 6) is 0. The first-order valence-corrected chi connectivity index (χ1v) is 2.00. The molecule has 0 aliphatic carbocycles. The predicted molar refractivity (Wildman–Crippen MR) is 27.6 cm³/mol. The van der Waals surface area contributed by atoms with Gasteiger partial charge in [0.1, 0.15) is 0 Å². The van der Waals surface area contributed by atoms with Crippen LogP contribution in [0.2, 0.25) is 0 Å². The number of hydrogen-bond acceptors (Lipinski definition) is 0. The van der Waals surface area contributed by atoms with Crippen LogP contribution in [-0.2, 0) is 5.11 Å². The van der Waals surface area contributed by atoms with Crippen LogP contribution in [0.1, 0.15) is 19.8 Å². The molecule has 0 spiro atoms. The Morgan fingerprint density at radius 3 is 2.00 bits per heavy atom. The van der Waals surface area contributed by atoms with E-state index in [0.29, 0.717) is 0 Å². The molecule has 0 fully saturated rings. The quantitative estimate of drug-likeness (QED) is 0.433. The van der Waals surface area contributed by atoms with Crippen molar-refractivity contribution in [2.75, 3.05) is 6.61 Å². The maximum atomic E-state index is 9.53. The van der Waals surface area contributed by atoms with Gasteiger partial charge in [-0.3, -0.25) is 0 Å². The van der Waals surface area contributed by atoms with Crippen LogP contribution in [0, 0.1) is 0 Å². The summed E-state index contributed by atoms with van der Waals surface area (Å²) in [6, 6.07) is 0. The minimum atomic E-state index is 0. The van der Waals surface area contributed by atoms with Crippen molar-refractivity contribution in [3.05, 3.63) is 0 Å². The van der Waals surface area contributed by atoms with Gasteiger partial charge < -0.3 is 0 Å². The van der Waals surface area contributed by atoms with Crippen LogP contribution in [0.5, 0.6) is 0 Å². The van der Waals surface area contributed by atoms with Gasteiger partial charge in [0.15, 0.2) is 0 Å². The van der Waals surface area contributed by atoms with Crippen molar-refractivity contribution in [2.45, 2.75) is 19.8 Å². The van der Waals surface area contributed by atoms with Crippen LogP contribution < -0.4 is 0 Å². The molecule has 1 radical (unpaired) electrons. The molecule has 0 bridgehead atoms. The molecule has 0 atom stereocenters. The first-order chi connectivity index (χ1) is 2.41. The third-order valence-electron chi connectivity index (χ3n) is 0.498. The molecule has 6 heavy (non-hydrogen) atoms. The van der Waals surface area contributed by atoms with Gasteiger partial charge >= 0.3 is 18.9 Å². The molecule has 0 saturated carbocycles. The molecule has 0 aromatic carbocycles. The summed E-state index contributed by atoms with van der Waals surface area (Å²) in [6.07, 6.45) is 1.86. The van der Waals surface area contributed by atoms with Crippen LogP contribution >= 0.6 is 0 Å². The summed E-state index contributed by atoms with van der Waals surface area (Å²) >= 11 is 0. The zero-order valence-electron chi connectivity index (χ0n) is 3.53. The molecule has 0 aliphatic heterocycles. The van der Waals surface area contributed by atoms with Crippen LogP contribution in [0.25, 0.3) is 0 Å². The van der Waals surface area contributed by atoms with E-state index in [1.165, 1.54) is 0 Å². The van der Waals surface area contributed by atoms with E-state index in [1.807, 2.05) is 6.92 Å². The molecule has 0 unspecified atom stereocenters. The third kappa shape index (κ3) is 8.82. The second-order valence-corrected chi connectivity index (χ2v) is 1.06. The molecule has 0 aliphatic rings. The normalized spacial score (nSPS) is 7.00. The Balaban J connectivity index is 0. The first kappa shape index (κ1) is 9.75. The Bertz CT molecular complexity index is 15.0. The molecular formula is C4H10LiO. The molecule has 0 heterocycles. The second-order valence-electron chi connectivity index (χ2n) is 1.06. The molecule has 0 rings (SSSR count). The van der Waals surface area contributed by atoms with Gasteiger partial charge in [0.05, 0.1) is 6.61 Å². The molecule has 0 N–H and O–H groups in total. The van der Waals surface area contributed by atoms with Gasteiger partial charge in [-0.15, -0.1) is 0 Å². The van der Waals surface area contributed by atoms with Crippen molar-refractivity contribution in [1.82, 2.24) is 0 Å². The molecule has 33 valence electrons. The first-order valence-electron chi connectivity index (χ1n) is 2.00. The number of hydrogen-bond donors (Lipinski definition) is 0. The van der Waals surface area contributed by atoms with Crippen molar-refractivity contribution < 1.29 is 5.11 Å². The van der Waals surface area contributed by atoms with Gasteiger partial charge in [-0.1, -0.05) is 13.3 Å². The van der Waals surface area contributed by atoms with E-state index in [-0.39, 0.29) is 25.5 Å². The summed E-state index contributed by atoms with van der Waals surface area (Å²) in [7, 11) is 0. The van der Waals surface area contributed by atoms with Crippen molar-refractivity contribution >= 4 is 18.9 Å². The van der Waals surface area contributed by atoms with E-state index in [9.17, 15) is 5.11 Å². The fourth-order valence-corrected chi connectivity index (χ4v) is 0.144. The fourth-order valence-electron chi connectivity index (χ4n) is 0.144. The van der Waals surface area contributed by atoms with E-state index in [1.54, 1.807) is 0 Å². The zero-order chi connectivity index (χ0) is 4.12. The van der Waals surface area contributed by atoms with E-state index < -0.39 is 0 Å². The fraction of sp³-hybridized carbons (Fsp3) is 1.00. The van der Waals surface area contributed by atoms with Gasteiger partial charge in [-0.05, 0) is 6.42 Å². The SMILES string of the molecule is CCCC[O].[LiH]. The Morgan fingerprint density at radius 2 is 2.00 bits per heavy atom. The monoisotopic (exact) mass is 81.1 g/mol. The summed E-state index contributed by atoms with van der Waals surface area (Å²) in [5, 5.41) is 9.53. The summed E-state index contributed by atoms with van der Waals surface area (Å²) < 4.78 is 0. The number of rotatable bonds is 2. The van der Waals surface area contributed by atoms with Gasteiger partial charge in [0.25, 0.3) is 0 Å². The topological polar surface area (TPSA) is 19.9 Å². The van der Waals surface area contributed by atoms with Gasteiger partial charge in [-0.2, -0.15) is 0 Å². The van der Waals surface area contributed by atoms with Crippen molar-refractivity contribution in [2.24, 2.45) is 0 Å². The second kappa shape index (κ2) is 9.12. The molecule has 0 aromatic rings. The Morgan fingerprint density at radius 1 is 1.50 bits per heavy atom. The van der Waals surface area contributed by atoms with Crippen LogP contribution in [-0.4, -0.2) is 25.5 Å². The standard InChI is InChI=1S/C4H9O.Li.H/c1-2-3-4-5;;/h2-4H2,1H3;;. The van der Waals surface area contributed by atoms with E-state index in [2.05, 4.69) is 0 Å². The van der Waals surface area contributed by atoms with Crippen molar-refractivity contribution in [3.8, 4) is 0 Å². The van der Waals surface area contributed by atoms with E-state index in [4.69, 9.17) is 0 Å². The van der Waals surface area contributed by atoms with Crippen molar-refractivity contribution in [3.63, 3.8) is 0 Å². The van der Waals surface area contributed by atoms with E-state index >= 15 is 0 Å². The Kier molecular flexibility index (Phi) is 14.8. The Hall–Kier alpha value is 0.557. The summed E-state index contributed by atoms with van der Waals surface area (Å²) in [5.41, 5.74) is 0. The van der Waals surface area contributed by atoms with Crippen LogP contribution in [0.15, 0.2) is 0 Å². The van der Waals surface area contributed by atoms with Crippen LogP contribution in [0.4, 0.5) is 0 Å². The average Bonchev–Trinajstić information content (AvgIpc) is 1.41. The predicted octanol–water partition coefficient (Wildman–Crippen LogP) is 0.569. The van der Waals surface area contributed by atoms with E-state index in [0.717, 1.165) is 12.8 Å². The zero-order valence-corrected chi connectivity index (χ0v) is 3.53. The maximum absolute atomic E-state index is 9.53. The molecule has 2 heteroatoms. The minimum absolute atomic E-state index is 0. The van der Waals surface area contributed by atoms with Crippen LogP contribution in [0.3, 0.4) is 0 Å². The average molecular weight is 81.1 g/mol. The molecule has 0 aromatic heterocycles. The summed E-state index contributed by atoms with van der Waals surface area (Å²) in [4.78, 5) is 0. The third-order valence-corrected chi connectivity index (χ3v) is 0.498. The molecule has 0 amide bonds. The number of unbranched alkanes of at least 4 members (excludes halogenated alkanes) is 1. The van der Waals surface area contributed by atoms with Crippen molar-refractivity contribution in [1.29, 1.82) is 0 Å². The molecular weight excluding hydrogens is 71.0 g/mol. The van der Waals surface area contributed by atoms with Gasteiger partial charge in [-0.25, -0.2) is 5.11 Å². The van der Waals surface area contributed by atoms with Gasteiger partial charge in [0, 0.05) is 0 Å². The van der Waals surface area contributed by atoms with Gasteiger partial charge in [0.2, 0.25) is 0 Å². The molecule has 1 nitrogen and oxygen atoms in total.